The molecule has 27 heavy (non-hydrogen) atoms. The molecule has 0 saturated carbocycles. The Morgan fingerprint density at radius 1 is 1.07 bits per heavy atom. The summed E-state index contributed by atoms with van der Waals surface area (Å²) in [6.07, 6.45) is 3.61. The minimum atomic E-state index is 0.401. The van der Waals surface area contributed by atoms with Crippen molar-refractivity contribution in [2.24, 2.45) is 5.92 Å². The molecule has 0 amide bonds. The molecule has 3 rings (SSSR count). The highest BCUT2D eigenvalue weighted by Gasteiger charge is 2.20. The molecule has 0 aliphatic carbocycles. The Labute approximate surface area is 163 Å². The van der Waals surface area contributed by atoms with E-state index in [1.54, 1.807) is 13.2 Å². The first-order valence-corrected chi connectivity index (χ1v) is 9.94. The van der Waals surface area contributed by atoms with Crippen LogP contribution in [0, 0.1) is 5.92 Å². The highest BCUT2D eigenvalue weighted by Crippen LogP contribution is 2.22. The van der Waals surface area contributed by atoms with Gasteiger partial charge in [0.25, 0.3) is 0 Å². The SMILES string of the molecule is COc1ccc(CCN2CCC(CN(C)Cc3ccccc3O)CC2)cc1. The van der Waals surface area contributed by atoms with Crippen molar-refractivity contribution < 1.29 is 9.84 Å². The summed E-state index contributed by atoms with van der Waals surface area (Å²) in [7, 11) is 3.86. The fraction of sp³-hybridized carbons (Fsp3) is 0.478. The molecule has 0 radical (unpaired) electrons. The third kappa shape index (κ3) is 5.98. The second-order valence-electron chi connectivity index (χ2n) is 7.71. The monoisotopic (exact) mass is 368 g/mol. The van der Waals surface area contributed by atoms with Crippen LogP contribution >= 0.6 is 0 Å². The number of nitrogens with zero attached hydrogens (tertiary/aromatic N) is 2. The van der Waals surface area contributed by atoms with Crippen molar-refractivity contribution >= 4 is 0 Å². The highest BCUT2D eigenvalue weighted by molar-refractivity contribution is 5.31. The van der Waals surface area contributed by atoms with Crippen LogP contribution in [0.5, 0.6) is 11.5 Å². The number of phenolic OH excluding ortho intramolecular Hbond substituents is 1. The highest BCUT2D eigenvalue weighted by atomic mass is 16.5. The average Bonchev–Trinajstić information content (AvgIpc) is 2.69. The summed E-state index contributed by atoms with van der Waals surface area (Å²) >= 11 is 0. The summed E-state index contributed by atoms with van der Waals surface area (Å²) in [5.74, 6) is 2.07. The third-order valence-electron chi connectivity index (χ3n) is 5.58. The predicted octanol–water partition coefficient (Wildman–Crippen LogP) is 3.79. The number of hydrogen-bond donors (Lipinski definition) is 1. The number of para-hydroxylation sites is 1. The van der Waals surface area contributed by atoms with Crippen LogP contribution in [0.4, 0.5) is 0 Å². The van der Waals surface area contributed by atoms with E-state index in [9.17, 15) is 5.11 Å². The van der Waals surface area contributed by atoms with Crippen molar-refractivity contribution in [1.29, 1.82) is 0 Å². The van der Waals surface area contributed by atoms with Gasteiger partial charge in [0.1, 0.15) is 11.5 Å². The Hall–Kier alpha value is -2.04. The van der Waals surface area contributed by atoms with Crippen LogP contribution in [0.25, 0.3) is 0 Å². The lowest BCUT2D eigenvalue weighted by Crippen LogP contribution is -2.38. The Morgan fingerprint density at radius 3 is 2.44 bits per heavy atom. The van der Waals surface area contributed by atoms with Crippen molar-refractivity contribution in [2.75, 3.05) is 40.3 Å². The van der Waals surface area contributed by atoms with Gasteiger partial charge in [-0.15, -0.1) is 0 Å². The van der Waals surface area contributed by atoms with Crippen molar-refractivity contribution in [3.05, 3.63) is 59.7 Å². The molecule has 1 saturated heterocycles. The quantitative estimate of drug-likeness (QED) is 0.769. The van der Waals surface area contributed by atoms with Crippen LogP contribution in [0.2, 0.25) is 0 Å². The van der Waals surface area contributed by atoms with Crippen LogP contribution in [0.3, 0.4) is 0 Å². The standard InChI is InChI=1S/C23H32N2O2/c1-24(18-21-5-3-4-6-23(21)26)17-20-12-15-25(16-13-20)14-11-19-7-9-22(27-2)10-8-19/h3-10,20,26H,11-18H2,1-2H3. The summed E-state index contributed by atoms with van der Waals surface area (Å²) in [5.41, 5.74) is 2.39. The van der Waals surface area contributed by atoms with Crippen molar-refractivity contribution in [3.63, 3.8) is 0 Å². The Bertz CT molecular complexity index is 694. The minimum absolute atomic E-state index is 0.401. The maximum atomic E-state index is 9.94. The van der Waals surface area contributed by atoms with Crippen LogP contribution in [0.15, 0.2) is 48.5 Å². The van der Waals surface area contributed by atoms with Gasteiger partial charge in [-0.1, -0.05) is 30.3 Å². The van der Waals surface area contributed by atoms with E-state index in [-0.39, 0.29) is 0 Å². The molecule has 1 aliphatic rings. The largest absolute Gasteiger partial charge is 0.508 e. The number of phenols is 1. The van der Waals surface area contributed by atoms with Gasteiger partial charge in [0.05, 0.1) is 7.11 Å². The molecule has 146 valence electrons. The van der Waals surface area contributed by atoms with Crippen molar-refractivity contribution in [1.82, 2.24) is 9.80 Å². The molecule has 0 spiro atoms. The Balaban J connectivity index is 1.37. The number of methoxy groups -OCH3 is 1. The average molecular weight is 369 g/mol. The van der Waals surface area contributed by atoms with Crippen LogP contribution in [-0.2, 0) is 13.0 Å². The van der Waals surface area contributed by atoms with Gasteiger partial charge in [-0.3, -0.25) is 0 Å². The van der Waals surface area contributed by atoms with Crippen LogP contribution in [-0.4, -0.2) is 55.2 Å². The van der Waals surface area contributed by atoms with Gasteiger partial charge in [0, 0.05) is 25.2 Å². The van der Waals surface area contributed by atoms with Crippen molar-refractivity contribution in [2.45, 2.75) is 25.8 Å². The first-order chi connectivity index (χ1) is 13.1. The molecule has 1 heterocycles. The minimum Gasteiger partial charge on any atom is -0.508 e. The molecular weight excluding hydrogens is 336 g/mol. The molecule has 0 unspecified atom stereocenters. The zero-order valence-electron chi connectivity index (χ0n) is 16.6. The summed E-state index contributed by atoms with van der Waals surface area (Å²) in [6, 6.07) is 16.1. The van der Waals surface area contributed by atoms with Gasteiger partial charge >= 0.3 is 0 Å². The summed E-state index contributed by atoms with van der Waals surface area (Å²) in [4.78, 5) is 4.93. The van der Waals surface area contributed by atoms with E-state index >= 15 is 0 Å². The zero-order valence-corrected chi connectivity index (χ0v) is 16.6. The molecule has 2 aromatic carbocycles. The number of aromatic hydroxyl groups is 1. The van der Waals surface area contributed by atoms with E-state index in [1.165, 1.54) is 31.5 Å². The number of likely N-dealkylation sites (tertiary alicyclic amines) is 1. The van der Waals surface area contributed by atoms with Gasteiger partial charge in [-0.05, 0) is 69.1 Å². The predicted molar refractivity (Wildman–Crippen MR) is 110 cm³/mol. The summed E-state index contributed by atoms with van der Waals surface area (Å²) < 4.78 is 5.22. The summed E-state index contributed by atoms with van der Waals surface area (Å²) in [5, 5.41) is 9.94. The van der Waals surface area contributed by atoms with Crippen molar-refractivity contribution in [3.8, 4) is 11.5 Å². The first kappa shape index (κ1) is 19.7. The van der Waals surface area contributed by atoms with Gasteiger partial charge in [0.15, 0.2) is 0 Å². The molecule has 1 N–H and O–H groups in total. The Kier molecular flexibility index (Phi) is 7.13. The maximum absolute atomic E-state index is 9.94. The molecule has 1 aliphatic heterocycles. The van der Waals surface area contributed by atoms with Crippen LogP contribution < -0.4 is 4.74 Å². The number of hydrogen-bond acceptors (Lipinski definition) is 4. The molecular formula is C23H32N2O2. The van der Waals surface area contributed by atoms with E-state index in [4.69, 9.17) is 4.74 Å². The number of piperidine rings is 1. The zero-order chi connectivity index (χ0) is 19.1. The van der Waals surface area contributed by atoms with Gasteiger partial charge in [-0.25, -0.2) is 0 Å². The fourth-order valence-corrected chi connectivity index (χ4v) is 3.91. The molecule has 1 fully saturated rings. The smallest absolute Gasteiger partial charge is 0.120 e. The third-order valence-corrected chi connectivity index (χ3v) is 5.58. The number of rotatable bonds is 8. The fourth-order valence-electron chi connectivity index (χ4n) is 3.91. The number of ether oxygens (including phenoxy) is 1. The Morgan fingerprint density at radius 2 is 1.78 bits per heavy atom. The first-order valence-electron chi connectivity index (χ1n) is 9.94. The lowest BCUT2D eigenvalue weighted by Gasteiger charge is -2.34. The van der Waals surface area contributed by atoms with E-state index in [1.807, 2.05) is 30.3 Å². The normalized spacial score (nSPS) is 16.0. The van der Waals surface area contributed by atoms with Crippen LogP contribution in [0.1, 0.15) is 24.0 Å². The second kappa shape index (κ2) is 9.77. The number of benzene rings is 2. The molecule has 0 bridgehead atoms. The topological polar surface area (TPSA) is 35.9 Å². The van der Waals surface area contributed by atoms with E-state index in [2.05, 4.69) is 29.0 Å². The van der Waals surface area contributed by atoms with Gasteiger partial charge in [0.2, 0.25) is 0 Å². The summed E-state index contributed by atoms with van der Waals surface area (Å²) in [6.45, 7) is 5.41. The molecule has 2 aromatic rings. The van der Waals surface area contributed by atoms with E-state index in [0.717, 1.165) is 43.3 Å². The van der Waals surface area contributed by atoms with E-state index in [0.29, 0.717) is 5.75 Å². The van der Waals surface area contributed by atoms with E-state index < -0.39 is 0 Å². The second-order valence-corrected chi connectivity index (χ2v) is 7.71. The molecule has 0 aromatic heterocycles. The molecule has 0 atom stereocenters. The lowest BCUT2D eigenvalue weighted by molar-refractivity contribution is 0.153. The molecule has 4 heteroatoms. The molecule has 4 nitrogen and oxygen atoms in total. The lowest BCUT2D eigenvalue weighted by atomic mass is 9.95. The van der Waals surface area contributed by atoms with Gasteiger partial charge in [-0.2, -0.15) is 0 Å². The van der Waals surface area contributed by atoms with Gasteiger partial charge < -0.3 is 19.6 Å². The maximum Gasteiger partial charge on any atom is 0.120 e.